The van der Waals surface area contributed by atoms with Crippen LogP contribution in [0.3, 0.4) is 0 Å². The van der Waals surface area contributed by atoms with E-state index in [2.05, 4.69) is 20.3 Å². The van der Waals surface area contributed by atoms with Gasteiger partial charge in [0.05, 0.1) is 28.8 Å². The third kappa shape index (κ3) is 2.62. The maximum Gasteiger partial charge on any atom is 0.266 e. The van der Waals surface area contributed by atoms with Gasteiger partial charge in [-0.15, -0.1) is 11.3 Å². The second kappa shape index (κ2) is 6.07. The Balaban J connectivity index is 1.99. The molecule has 6 nitrogen and oxygen atoms in total. The number of hydrogen-bond acceptors (Lipinski definition) is 6. The number of thiophene rings is 1. The van der Waals surface area contributed by atoms with Crippen molar-refractivity contribution in [3.05, 3.63) is 41.3 Å². The first-order valence-electron chi connectivity index (χ1n) is 6.79. The molecular formula is C15H14N4O2S. The van der Waals surface area contributed by atoms with Crippen molar-refractivity contribution in [3.63, 3.8) is 0 Å². The Morgan fingerprint density at radius 2 is 2.27 bits per heavy atom. The van der Waals surface area contributed by atoms with E-state index in [1.807, 2.05) is 13.8 Å². The van der Waals surface area contributed by atoms with Crippen molar-refractivity contribution in [3.8, 4) is 5.88 Å². The molecule has 3 heterocycles. The Hall–Kier alpha value is -2.54. The maximum absolute atomic E-state index is 12.5. The number of fused-ring (bicyclic) bond motifs is 1. The van der Waals surface area contributed by atoms with Crippen LogP contribution in [-0.4, -0.2) is 27.5 Å². The number of amides is 1. The lowest BCUT2D eigenvalue weighted by Gasteiger charge is -2.04. The first kappa shape index (κ1) is 14.4. The van der Waals surface area contributed by atoms with E-state index in [9.17, 15) is 4.79 Å². The number of carbonyl (C=O) groups is 1. The normalized spacial score (nSPS) is 10.6. The molecule has 3 rings (SSSR count). The molecule has 0 aromatic carbocycles. The molecule has 3 aromatic rings. The summed E-state index contributed by atoms with van der Waals surface area (Å²) in [5.74, 6) is 0.331. The highest BCUT2D eigenvalue weighted by Gasteiger charge is 2.20. The average molecular weight is 314 g/mol. The van der Waals surface area contributed by atoms with Crippen LogP contribution in [0.2, 0.25) is 0 Å². The third-order valence-corrected chi connectivity index (χ3v) is 4.30. The van der Waals surface area contributed by atoms with Gasteiger partial charge in [-0.3, -0.25) is 9.78 Å². The molecule has 0 fully saturated rings. The Bertz CT molecular complexity index is 817. The number of rotatable bonds is 4. The predicted octanol–water partition coefficient (Wildman–Crippen LogP) is 3.05. The second-order valence-corrected chi connectivity index (χ2v) is 5.54. The number of nitrogens with one attached hydrogen (secondary N) is 1. The van der Waals surface area contributed by atoms with Gasteiger partial charge in [-0.25, -0.2) is 9.97 Å². The summed E-state index contributed by atoms with van der Waals surface area (Å²) < 4.78 is 5.53. The molecule has 112 valence electrons. The molecule has 0 spiro atoms. The van der Waals surface area contributed by atoms with Crippen molar-refractivity contribution < 1.29 is 9.53 Å². The van der Waals surface area contributed by atoms with Crippen LogP contribution in [0.25, 0.3) is 10.2 Å². The molecular weight excluding hydrogens is 300 g/mol. The van der Waals surface area contributed by atoms with Gasteiger partial charge >= 0.3 is 0 Å². The molecule has 0 atom stereocenters. The maximum atomic E-state index is 12.5. The van der Waals surface area contributed by atoms with Gasteiger partial charge < -0.3 is 10.1 Å². The summed E-state index contributed by atoms with van der Waals surface area (Å²) in [6.45, 7) is 4.28. The topological polar surface area (TPSA) is 77.0 Å². The van der Waals surface area contributed by atoms with Crippen LogP contribution in [0.5, 0.6) is 5.88 Å². The predicted molar refractivity (Wildman–Crippen MR) is 85.5 cm³/mol. The number of nitrogens with zero attached hydrogens (tertiary/aromatic N) is 3. The van der Waals surface area contributed by atoms with E-state index in [1.165, 1.54) is 17.7 Å². The van der Waals surface area contributed by atoms with Gasteiger partial charge in [-0.1, -0.05) is 0 Å². The lowest BCUT2D eigenvalue weighted by Crippen LogP contribution is -2.11. The number of ether oxygens (including phenoxy) is 1. The molecule has 0 saturated carbocycles. The van der Waals surface area contributed by atoms with Crippen LogP contribution < -0.4 is 10.1 Å². The zero-order valence-corrected chi connectivity index (χ0v) is 13.0. The van der Waals surface area contributed by atoms with E-state index in [0.29, 0.717) is 23.1 Å². The van der Waals surface area contributed by atoms with Gasteiger partial charge in [-0.05, 0) is 31.5 Å². The summed E-state index contributed by atoms with van der Waals surface area (Å²) >= 11 is 1.33. The van der Waals surface area contributed by atoms with E-state index >= 15 is 0 Å². The first-order valence-corrected chi connectivity index (χ1v) is 7.60. The molecule has 1 amide bonds. The summed E-state index contributed by atoms with van der Waals surface area (Å²) in [7, 11) is 0. The van der Waals surface area contributed by atoms with Crippen molar-refractivity contribution >= 4 is 33.1 Å². The summed E-state index contributed by atoms with van der Waals surface area (Å²) in [4.78, 5) is 26.2. The summed E-state index contributed by atoms with van der Waals surface area (Å²) in [6.07, 6.45) is 4.71. The molecule has 0 aliphatic rings. The fourth-order valence-corrected chi connectivity index (χ4v) is 3.16. The largest absolute Gasteiger partial charge is 0.477 e. The van der Waals surface area contributed by atoms with Crippen molar-refractivity contribution in [2.24, 2.45) is 0 Å². The fourth-order valence-electron chi connectivity index (χ4n) is 2.13. The van der Waals surface area contributed by atoms with Crippen molar-refractivity contribution in [1.29, 1.82) is 0 Å². The Morgan fingerprint density at radius 1 is 1.41 bits per heavy atom. The lowest BCUT2D eigenvalue weighted by molar-refractivity contribution is 0.103. The summed E-state index contributed by atoms with van der Waals surface area (Å²) in [5, 5.41) is 3.63. The second-order valence-electron chi connectivity index (χ2n) is 4.54. The smallest absolute Gasteiger partial charge is 0.266 e. The van der Waals surface area contributed by atoms with Crippen molar-refractivity contribution in [2.75, 3.05) is 11.9 Å². The fraction of sp³-hybridized carbons (Fsp3) is 0.200. The summed E-state index contributed by atoms with van der Waals surface area (Å²) in [6, 6.07) is 3.56. The van der Waals surface area contributed by atoms with Crippen LogP contribution in [-0.2, 0) is 0 Å². The highest BCUT2D eigenvalue weighted by molar-refractivity contribution is 7.20. The quantitative estimate of drug-likeness (QED) is 0.801. The Morgan fingerprint density at radius 3 is 3.00 bits per heavy atom. The molecule has 22 heavy (non-hydrogen) atoms. The SMILES string of the molecule is CCOc1ncnc2sc(C(=O)Nc3cccnc3)c(C)c12. The van der Waals surface area contributed by atoms with Crippen LogP contribution in [0.15, 0.2) is 30.9 Å². The molecule has 0 aliphatic carbocycles. The van der Waals surface area contributed by atoms with E-state index in [1.54, 1.807) is 24.5 Å². The Kier molecular flexibility index (Phi) is 3.97. The molecule has 0 saturated heterocycles. The van der Waals surface area contributed by atoms with E-state index in [0.717, 1.165) is 15.8 Å². The van der Waals surface area contributed by atoms with Gasteiger partial charge in [0.25, 0.3) is 5.91 Å². The standard InChI is InChI=1S/C15H14N4O2S/c1-3-21-14-11-9(2)12(22-15(11)18-8-17-14)13(20)19-10-5-4-6-16-7-10/h4-8H,3H2,1-2H3,(H,19,20). The van der Waals surface area contributed by atoms with Gasteiger partial charge in [-0.2, -0.15) is 0 Å². The minimum absolute atomic E-state index is 0.184. The average Bonchev–Trinajstić information content (AvgIpc) is 2.87. The number of carbonyl (C=O) groups excluding carboxylic acids is 1. The van der Waals surface area contributed by atoms with Crippen LogP contribution >= 0.6 is 11.3 Å². The van der Waals surface area contributed by atoms with Crippen molar-refractivity contribution in [1.82, 2.24) is 15.0 Å². The number of aryl methyl sites for hydroxylation is 1. The molecule has 7 heteroatoms. The van der Waals surface area contributed by atoms with E-state index in [-0.39, 0.29) is 5.91 Å². The van der Waals surface area contributed by atoms with Gasteiger partial charge in [0.15, 0.2) is 0 Å². The monoisotopic (exact) mass is 314 g/mol. The van der Waals surface area contributed by atoms with E-state index < -0.39 is 0 Å². The van der Waals surface area contributed by atoms with Crippen LogP contribution in [0.4, 0.5) is 5.69 Å². The molecule has 0 aliphatic heterocycles. The van der Waals surface area contributed by atoms with E-state index in [4.69, 9.17) is 4.74 Å². The Labute approximate surface area is 131 Å². The number of aromatic nitrogens is 3. The minimum Gasteiger partial charge on any atom is -0.477 e. The van der Waals surface area contributed by atoms with Gasteiger partial charge in [0.2, 0.25) is 5.88 Å². The molecule has 3 aromatic heterocycles. The van der Waals surface area contributed by atoms with Crippen LogP contribution in [0.1, 0.15) is 22.2 Å². The van der Waals surface area contributed by atoms with Crippen LogP contribution in [0, 0.1) is 6.92 Å². The summed E-state index contributed by atoms with van der Waals surface area (Å²) in [5.41, 5.74) is 1.48. The van der Waals surface area contributed by atoms with Gasteiger partial charge in [0.1, 0.15) is 11.2 Å². The first-order chi connectivity index (χ1) is 10.7. The number of hydrogen-bond donors (Lipinski definition) is 1. The molecule has 1 N–H and O–H groups in total. The molecule has 0 bridgehead atoms. The highest BCUT2D eigenvalue weighted by atomic mass is 32.1. The molecule has 0 radical (unpaired) electrons. The minimum atomic E-state index is -0.184. The molecule has 0 unspecified atom stereocenters. The number of anilines is 1. The third-order valence-electron chi connectivity index (χ3n) is 3.10. The zero-order valence-electron chi connectivity index (χ0n) is 12.2. The number of pyridine rings is 1. The van der Waals surface area contributed by atoms with Crippen molar-refractivity contribution in [2.45, 2.75) is 13.8 Å². The van der Waals surface area contributed by atoms with Gasteiger partial charge in [0, 0.05) is 6.20 Å². The lowest BCUT2D eigenvalue weighted by atomic mass is 10.2. The zero-order chi connectivity index (χ0) is 15.5. The highest BCUT2D eigenvalue weighted by Crippen LogP contribution is 2.34.